The van der Waals surface area contributed by atoms with Gasteiger partial charge in [0.25, 0.3) is 0 Å². The molecule has 0 aliphatic rings. The normalized spacial score (nSPS) is 10.2. The molecule has 1 amide bonds. The lowest BCUT2D eigenvalue weighted by Crippen LogP contribution is -2.20. The van der Waals surface area contributed by atoms with E-state index in [-0.39, 0.29) is 12.5 Å². The monoisotopic (exact) mass is 230 g/mol. The van der Waals surface area contributed by atoms with Crippen molar-refractivity contribution in [1.82, 2.24) is 14.8 Å². The average molecular weight is 230 g/mol. The topological polar surface area (TPSA) is 59.8 Å². The van der Waals surface area contributed by atoms with Crippen LogP contribution in [0.3, 0.4) is 0 Å². The van der Waals surface area contributed by atoms with Crippen molar-refractivity contribution in [3.63, 3.8) is 0 Å². The Morgan fingerprint density at radius 1 is 1.41 bits per heavy atom. The molecule has 2 rings (SSSR count). The average Bonchev–Trinajstić information content (AvgIpc) is 2.62. The number of nitrogens with one attached hydrogen (secondary N) is 1. The van der Waals surface area contributed by atoms with E-state index < -0.39 is 0 Å². The number of amides is 1. The van der Waals surface area contributed by atoms with Gasteiger partial charge in [-0.3, -0.25) is 9.48 Å². The van der Waals surface area contributed by atoms with E-state index in [0.717, 1.165) is 11.3 Å². The molecule has 88 valence electrons. The highest BCUT2D eigenvalue weighted by molar-refractivity contribution is 5.89. The van der Waals surface area contributed by atoms with E-state index in [1.807, 2.05) is 19.9 Å². The van der Waals surface area contributed by atoms with E-state index in [2.05, 4.69) is 15.4 Å². The van der Waals surface area contributed by atoms with Gasteiger partial charge in [-0.05, 0) is 31.5 Å². The lowest BCUT2D eigenvalue weighted by Gasteiger charge is -2.05. The smallest absolute Gasteiger partial charge is 0.247 e. The van der Waals surface area contributed by atoms with Crippen LogP contribution in [0.5, 0.6) is 0 Å². The first-order valence-corrected chi connectivity index (χ1v) is 5.36. The maximum Gasteiger partial charge on any atom is 0.247 e. The van der Waals surface area contributed by atoms with Crippen LogP contribution in [0, 0.1) is 13.8 Å². The summed E-state index contributed by atoms with van der Waals surface area (Å²) in [6.07, 6.45) is 3.39. The molecule has 0 bridgehead atoms. The van der Waals surface area contributed by atoms with Crippen LogP contribution in [-0.2, 0) is 11.3 Å². The molecule has 0 spiro atoms. The van der Waals surface area contributed by atoms with Gasteiger partial charge in [0.05, 0.1) is 6.20 Å². The minimum absolute atomic E-state index is 0.130. The third-order valence-electron chi connectivity index (χ3n) is 2.57. The van der Waals surface area contributed by atoms with Crippen molar-refractivity contribution in [3.05, 3.63) is 41.9 Å². The van der Waals surface area contributed by atoms with E-state index in [4.69, 9.17) is 0 Å². The van der Waals surface area contributed by atoms with Crippen LogP contribution < -0.4 is 5.32 Å². The minimum Gasteiger partial charge on any atom is -0.309 e. The molecule has 2 heterocycles. The van der Waals surface area contributed by atoms with Crippen LogP contribution in [0.2, 0.25) is 0 Å². The second kappa shape index (κ2) is 4.78. The van der Waals surface area contributed by atoms with Crippen LogP contribution in [0.4, 0.5) is 5.82 Å². The number of nitrogens with zero attached hydrogens (tertiary/aromatic N) is 3. The second-order valence-electron chi connectivity index (χ2n) is 3.83. The van der Waals surface area contributed by atoms with Gasteiger partial charge in [-0.25, -0.2) is 4.98 Å². The third-order valence-corrected chi connectivity index (χ3v) is 2.57. The van der Waals surface area contributed by atoms with Gasteiger partial charge in [0.2, 0.25) is 5.91 Å². The highest BCUT2D eigenvalue weighted by Crippen LogP contribution is 2.05. The van der Waals surface area contributed by atoms with Crippen molar-refractivity contribution in [2.45, 2.75) is 20.4 Å². The number of carbonyl (C=O) groups excluding carboxylic acids is 1. The van der Waals surface area contributed by atoms with E-state index in [0.29, 0.717) is 5.82 Å². The fraction of sp³-hybridized carbons (Fsp3) is 0.250. The molecule has 0 aliphatic heterocycles. The Labute approximate surface area is 99.5 Å². The Balaban J connectivity index is 2.01. The number of pyridine rings is 1. The van der Waals surface area contributed by atoms with Gasteiger partial charge < -0.3 is 5.32 Å². The highest BCUT2D eigenvalue weighted by Gasteiger charge is 2.08. The van der Waals surface area contributed by atoms with Crippen LogP contribution in [0.15, 0.2) is 30.6 Å². The van der Waals surface area contributed by atoms with Crippen LogP contribution >= 0.6 is 0 Å². The molecule has 0 saturated carbocycles. The largest absolute Gasteiger partial charge is 0.309 e. The first-order chi connectivity index (χ1) is 8.16. The zero-order valence-corrected chi connectivity index (χ0v) is 9.84. The lowest BCUT2D eigenvalue weighted by atomic mass is 10.3. The first-order valence-electron chi connectivity index (χ1n) is 5.36. The number of anilines is 1. The predicted octanol–water partition coefficient (Wildman–Crippen LogP) is 1.53. The van der Waals surface area contributed by atoms with Crippen LogP contribution in [0.25, 0.3) is 0 Å². The molecule has 0 radical (unpaired) electrons. The maximum atomic E-state index is 11.7. The molecule has 17 heavy (non-hydrogen) atoms. The van der Waals surface area contributed by atoms with Crippen molar-refractivity contribution >= 4 is 11.7 Å². The number of hydrogen-bond acceptors (Lipinski definition) is 3. The fourth-order valence-corrected chi connectivity index (χ4v) is 1.45. The number of hydrogen-bond donors (Lipinski definition) is 1. The second-order valence-corrected chi connectivity index (χ2v) is 3.83. The lowest BCUT2D eigenvalue weighted by molar-refractivity contribution is -0.117. The molecular weight excluding hydrogens is 216 g/mol. The van der Waals surface area contributed by atoms with E-state index >= 15 is 0 Å². The maximum absolute atomic E-state index is 11.7. The fourth-order valence-electron chi connectivity index (χ4n) is 1.45. The Hall–Kier alpha value is -2.17. The molecule has 5 nitrogen and oxygen atoms in total. The quantitative estimate of drug-likeness (QED) is 0.870. The van der Waals surface area contributed by atoms with Gasteiger partial charge in [0.15, 0.2) is 0 Å². The molecule has 2 aromatic rings. The summed E-state index contributed by atoms with van der Waals surface area (Å²) in [6, 6.07) is 5.38. The summed E-state index contributed by atoms with van der Waals surface area (Å²) in [5.74, 6) is 0.425. The summed E-state index contributed by atoms with van der Waals surface area (Å²) in [6.45, 7) is 4.11. The van der Waals surface area contributed by atoms with E-state index in [1.54, 1.807) is 29.2 Å². The molecule has 0 aliphatic carbocycles. The SMILES string of the molecule is Cc1cnn(CC(=O)Nc2ccccn2)c1C. The van der Waals surface area contributed by atoms with E-state index in [9.17, 15) is 4.79 Å². The molecule has 0 unspecified atom stereocenters. The highest BCUT2D eigenvalue weighted by atomic mass is 16.2. The summed E-state index contributed by atoms with van der Waals surface area (Å²) in [5, 5.41) is 6.85. The summed E-state index contributed by atoms with van der Waals surface area (Å²) in [7, 11) is 0. The van der Waals surface area contributed by atoms with Crippen molar-refractivity contribution in [2.75, 3.05) is 5.32 Å². The Morgan fingerprint density at radius 2 is 2.24 bits per heavy atom. The standard InChI is InChI=1S/C12H14N4O/c1-9-7-14-16(10(9)2)8-12(17)15-11-5-3-4-6-13-11/h3-7H,8H2,1-2H3,(H,13,15,17). The number of carbonyl (C=O) groups is 1. The summed E-state index contributed by atoms with van der Waals surface area (Å²) >= 11 is 0. The third kappa shape index (κ3) is 2.69. The van der Waals surface area contributed by atoms with Gasteiger partial charge in [-0.1, -0.05) is 6.07 Å². The van der Waals surface area contributed by atoms with Gasteiger partial charge in [-0.15, -0.1) is 0 Å². The molecule has 0 saturated heterocycles. The van der Waals surface area contributed by atoms with Crippen molar-refractivity contribution in [2.24, 2.45) is 0 Å². The van der Waals surface area contributed by atoms with Crippen LogP contribution in [0.1, 0.15) is 11.3 Å². The zero-order chi connectivity index (χ0) is 12.3. The van der Waals surface area contributed by atoms with E-state index in [1.165, 1.54) is 0 Å². The summed E-state index contributed by atoms with van der Waals surface area (Å²) in [4.78, 5) is 15.8. The van der Waals surface area contributed by atoms with Gasteiger partial charge in [0.1, 0.15) is 12.4 Å². The van der Waals surface area contributed by atoms with Crippen LogP contribution in [-0.4, -0.2) is 20.7 Å². The molecule has 0 atom stereocenters. The predicted molar refractivity (Wildman–Crippen MR) is 64.6 cm³/mol. The van der Waals surface area contributed by atoms with Crippen molar-refractivity contribution in [1.29, 1.82) is 0 Å². The zero-order valence-electron chi connectivity index (χ0n) is 9.84. The molecule has 2 aromatic heterocycles. The molecule has 5 heteroatoms. The number of rotatable bonds is 3. The molecule has 0 fully saturated rings. The van der Waals surface area contributed by atoms with Gasteiger partial charge >= 0.3 is 0 Å². The molecule has 1 N–H and O–H groups in total. The minimum atomic E-state index is -0.130. The Kier molecular flexibility index (Phi) is 3.18. The number of aromatic nitrogens is 3. The van der Waals surface area contributed by atoms with Gasteiger partial charge in [0, 0.05) is 11.9 Å². The molecule has 0 aromatic carbocycles. The first kappa shape index (κ1) is 11.3. The Morgan fingerprint density at radius 3 is 2.82 bits per heavy atom. The summed E-state index contributed by atoms with van der Waals surface area (Å²) in [5.41, 5.74) is 2.08. The summed E-state index contributed by atoms with van der Waals surface area (Å²) < 4.78 is 1.67. The van der Waals surface area contributed by atoms with Crippen molar-refractivity contribution in [3.8, 4) is 0 Å². The molecular formula is C12H14N4O. The Bertz CT molecular complexity index is 519. The van der Waals surface area contributed by atoms with Gasteiger partial charge in [-0.2, -0.15) is 5.10 Å². The number of aryl methyl sites for hydroxylation is 1. The van der Waals surface area contributed by atoms with Crippen molar-refractivity contribution < 1.29 is 4.79 Å².